The second-order valence-corrected chi connectivity index (χ2v) is 4.24. The van der Waals surface area contributed by atoms with E-state index < -0.39 is 0 Å². The topological polar surface area (TPSA) is 43.4 Å². The minimum absolute atomic E-state index is 0.192. The number of carbonyl (C=O) groups is 2. The first kappa shape index (κ1) is 12.9. The fourth-order valence-corrected chi connectivity index (χ4v) is 2.15. The third-order valence-corrected chi connectivity index (χ3v) is 3.01. The zero-order valence-corrected chi connectivity index (χ0v) is 10.1. The van der Waals surface area contributed by atoms with E-state index in [-0.39, 0.29) is 23.8 Å². The molecule has 2 atom stereocenters. The monoisotopic (exact) mass is 224 g/mol. The van der Waals surface area contributed by atoms with Gasteiger partial charge >= 0.3 is 11.9 Å². The van der Waals surface area contributed by atoms with E-state index in [0.29, 0.717) is 0 Å². The summed E-state index contributed by atoms with van der Waals surface area (Å²) in [5.74, 6) is -1.02. The molecule has 2 unspecified atom stereocenters. The third-order valence-electron chi connectivity index (χ3n) is 3.01. The van der Waals surface area contributed by atoms with Crippen LogP contribution in [0.4, 0.5) is 0 Å². The summed E-state index contributed by atoms with van der Waals surface area (Å²) in [5, 5.41) is 0. The normalized spacial score (nSPS) is 25.4. The number of hydrogen-bond donors (Lipinski definition) is 0. The third kappa shape index (κ3) is 3.19. The van der Waals surface area contributed by atoms with Crippen LogP contribution >= 0.6 is 0 Å². The minimum Gasteiger partial charge on any atom is -0.393 e. The van der Waals surface area contributed by atoms with Crippen molar-refractivity contribution in [2.75, 3.05) is 0 Å². The van der Waals surface area contributed by atoms with E-state index in [4.69, 9.17) is 4.74 Å². The highest BCUT2D eigenvalue weighted by atomic mass is 16.6. The summed E-state index contributed by atoms with van der Waals surface area (Å²) < 4.78 is 4.70. The average molecular weight is 224 g/mol. The number of esters is 2. The van der Waals surface area contributed by atoms with Gasteiger partial charge in [0.1, 0.15) is 0 Å². The number of allylic oxidation sites excluding steroid dienone is 2. The van der Waals surface area contributed by atoms with E-state index in [1.54, 1.807) is 0 Å². The zero-order chi connectivity index (χ0) is 12.0. The first-order valence-corrected chi connectivity index (χ1v) is 6.07. The second-order valence-electron chi connectivity index (χ2n) is 4.24. The van der Waals surface area contributed by atoms with Gasteiger partial charge in [-0.3, -0.25) is 9.59 Å². The van der Waals surface area contributed by atoms with E-state index >= 15 is 0 Å². The van der Waals surface area contributed by atoms with Crippen LogP contribution < -0.4 is 0 Å². The number of cyclic esters (lactones) is 2. The van der Waals surface area contributed by atoms with Crippen LogP contribution in [0, 0.1) is 11.8 Å². The van der Waals surface area contributed by atoms with Gasteiger partial charge in [0.15, 0.2) is 0 Å². The van der Waals surface area contributed by atoms with Crippen LogP contribution in [0.3, 0.4) is 0 Å². The van der Waals surface area contributed by atoms with E-state index in [1.165, 1.54) is 0 Å². The number of ether oxygens (including phenoxy) is 1. The summed E-state index contributed by atoms with van der Waals surface area (Å²) in [7, 11) is 0. The van der Waals surface area contributed by atoms with Crippen LogP contribution in [0.5, 0.6) is 0 Å². The Bertz CT molecular complexity index is 281. The summed E-state index contributed by atoms with van der Waals surface area (Å²) in [5.41, 5.74) is 0. The first-order chi connectivity index (χ1) is 7.70. The maximum atomic E-state index is 11.5. The summed E-state index contributed by atoms with van der Waals surface area (Å²) in [6.45, 7) is 4.00. The summed E-state index contributed by atoms with van der Waals surface area (Å²) in [6, 6.07) is 0. The molecule has 1 rings (SSSR count). The highest BCUT2D eigenvalue weighted by Crippen LogP contribution is 2.31. The molecule has 1 saturated heterocycles. The number of hydrogen-bond acceptors (Lipinski definition) is 3. The lowest BCUT2D eigenvalue weighted by Gasteiger charge is -2.11. The molecule has 0 bridgehead atoms. The van der Waals surface area contributed by atoms with Crippen LogP contribution in [-0.4, -0.2) is 11.9 Å². The Morgan fingerprint density at radius 3 is 2.38 bits per heavy atom. The van der Waals surface area contributed by atoms with Crippen molar-refractivity contribution in [1.82, 2.24) is 0 Å². The molecule has 3 heteroatoms. The van der Waals surface area contributed by atoms with Gasteiger partial charge in [-0.25, -0.2) is 0 Å². The predicted octanol–water partition coefficient (Wildman–Crippen LogP) is 2.85. The largest absolute Gasteiger partial charge is 0.393 e. The van der Waals surface area contributed by atoms with Gasteiger partial charge in [0, 0.05) is 0 Å². The van der Waals surface area contributed by atoms with Gasteiger partial charge < -0.3 is 4.74 Å². The van der Waals surface area contributed by atoms with Gasteiger partial charge in [-0.15, -0.1) is 0 Å². The molecule has 0 amide bonds. The van der Waals surface area contributed by atoms with Crippen molar-refractivity contribution in [3.8, 4) is 0 Å². The smallest absolute Gasteiger partial charge is 0.317 e. The van der Waals surface area contributed by atoms with Gasteiger partial charge in [-0.2, -0.15) is 0 Å². The molecule has 0 aromatic heterocycles. The Hall–Kier alpha value is -1.12. The molecular formula is C13H20O3. The Labute approximate surface area is 96.9 Å². The molecule has 3 nitrogen and oxygen atoms in total. The summed E-state index contributed by atoms with van der Waals surface area (Å²) in [6.07, 6.45) is 8.43. The molecule has 0 aromatic carbocycles. The van der Waals surface area contributed by atoms with Gasteiger partial charge in [-0.1, -0.05) is 25.5 Å². The molecule has 1 aliphatic heterocycles. The van der Waals surface area contributed by atoms with E-state index in [2.05, 4.69) is 6.08 Å². The molecule has 0 spiro atoms. The van der Waals surface area contributed by atoms with Crippen LogP contribution in [0.15, 0.2) is 12.2 Å². The number of rotatable bonds is 6. The molecule has 1 heterocycles. The number of carbonyl (C=O) groups excluding carboxylic acids is 2. The molecule has 16 heavy (non-hydrogen) atoms. The maximum absolute atomic E-state index is 11.5. The molecule has 1 aliphatic rings. The van der Waals surface area contributed by atoms with Crippen molar-refractivity contribution in [2.24, 2.45) is 11.8 Å². The van der Waals surface area contributed by atoms with Crippen molar-refractivity contribution in [2.45, 2.75) is 46.0 Å². The van der Waals surface area contributed by atoms with Crippen LogP contribution in [0.25, 0.3) is 0 Å². The first-order valence-electron chi connectivity index (χ1n) is 6.07. The Balaban J connectivity index is 2.47. The van der Waals surface area contributed by atoms with Gasteiger partial charge in [-0.05, 0) is 32.6 Å². The highest BCUT2D eigenvalue weighted by molar-refractivity contribution is 5.96. The van der Waals surface area contributed by atoms with Crippen molar-refractivity contribution < 1.29 is 14.3 Å². The zero-order valence-electron chi connectivity index (χ0n) is 10.1. The number of unbranched alkanes of at least 4 members (excludes halogenated alkanes) is 1. The summed E-state index contributed by atoms with van der Waals surface area (Å²) in [4.78, 5) is 22.9. The second kappa shape index (κ2) is 6.46. The van der Waals surface area contributed by atoms with Gasteiger partial charge in [0.05, 0.1) is 11.8 Å². The van der Waals surface area contributed by atoms with Crippen molar-refractivity contribution >= 4 is 11.9 Å². The Kier molecular flexibility index (Phi) is 5.23. The molecule has 0 radical (unpaired) electrons. The molecule has 0 aliphatic carbocycles. The lowest BCUT2D eigenvalue weighted by molar-refractivity contribution is -0.153. The van der Waals surface area contributed by atoms with Crippen molar-refractivity contribution in [1.29, 1.82) is 0 Å². The maximum Gasteiger partial charge on any atom is 0.317 e. The van der Waals surface area contributed by atoms with Crippen LogP contribution in [0.1, 0.15) is 46.0 Å². The molecule has 90 valence electrons. The lowest BCUT2D eigenvalue weighted by Crippen LogP contribution is -2.17. The van der Waals surface area contributed by atoms with E-state index in [9.17, 15) is 9.59 Å². The molecular weight excluding hydrogens is 204 g/mol. The fraction of sp³-hybridized carbons (Fsp3) is 0.692. The van der Waals surface area contributed by atoms with E-state index in [1.807, 2.05) is 19.9 Å². The van der Waals surface area contributed by atoms with Crippen LogP contribution in [0.2, 0.25) is 0 Å². The molecule has 1 fully saturated rings. The Morgan fingerprint density at radius 1 is 1.19 bits per heavy atom. The predicted molar refractivity (Wildman–Crippen MR) is 61.7 cm³/mol. The van der Waals surface area contributed by atoms with Gasteiger partial charge in [0.25, 0.3) is 0 Å². The standard InChI is InChI=1S/C13H20O3/c1-3-5-6-7-9-11-10(8-4-2)12(14)16-13(11)15/h3,5,10-11H,4,6-9H2,1-2H3. The highest BCUT2D eigenvalue weighted by Gasteiger charge is 2.42. The molecule has 0 aromatic rings. The van der Waals surface area contributed by atoms with Gasteiger partial charge in [0.2, 0.25) is 0 Å². The fourth-order valence-electron chi connectivity index (χ4n) is 2.15. The van der Waals surface area contributed by atoms with Crippen molar-refractivity contribution in [3.63, 3.8) is 0 Å². The van der Waals surface area contributed by atoms with Crippen molar-refractivity contribution in [3.05, 3.63) is 12.2 Å². The molecule has 0 N–H and O–H groups in total. The Morgan fingerprint density at radius 2 is 1.81 bits per heavy atom. The summed E-state index contributed by atoms with van der Waals surface area (Å²) >= 11 is 0. The lowest BCUT2D eigenvalue weighted by atomic mass is 9.87. The van der Waals surface area contributed by atoms with E-state index in [0.717, 1.165) is 32.1 Å². The molecule has 0 saturated carbocycles. The quantitative estimate of drug-likeness (QED) is 0.301. The minimum atomic E-state index is -0.317. The SMILES string of the molecule is CC=CCCCC1C(=O)OC(=O)C1CCC. The average Bonchev–Trinajstić information content (AvgIpc) is 2.51. The van der Waals surface area contributed by atoms with Crippen LogP contribution in [-0.2, 0) is 14.3 Å².